The molecule has 14 heavy (non-hydrogen) atoms. The normalized spacial score (nSPS) is 12.1. The Kier molecular flexibility index (Phi) is 5.47. The van der Waals surface area contributed by atoms with Gasteiger partial charge >= 0.3 is 11.9 Å². The van der Waals surface area contributed by atoms with Gasteiger partial charge in [-0.15, -0.1) is 0 Å². The molecule has 0 aliphatic carbocycles. The number of rotatable bonds is 7. The molecule has 3 N–H and O–H groups in total. The largest absolute Gasteiger partial charge is 0.480 e. The molecule has 0 bridgehead atoms. The molecule has 0 spiro atoms. The molecule has 0 aromatic rings. The van der Waals surface area contributed by atoms with Crippen LogP contribution in [0.15, 0.2) is 0 Å². The lowest BCUT2D eigenvalue weighted by atomic mass is 10.2. The first kappa shape index (κ1) is 12.6. The molecular weight excluding hydrogens is 190 g/mol. The Balaban J connectivity index is 3.52. The summed E-state index contributed by atoms with van der Waals surface area (Å²) < 4.78 is 0. The average molecular weight is 203 g/mol. The fraction of sp³-hybridized carbons (Fsp3) is 0.625. The van der Waals surface area contributed by atoms with Gasteiger partial charge in [0.2, 0.25) is 5.78 Å². The molecule has 0 aliphatic rings. The highest BCUT2D eigenvalue weighted by atomic mass is 16.4. The van der Waals surface area contributed by atoms with Crippen molar-refractivity contribution in [2.24, 2.45) is 0 Å². The van der Waals surface area contributed by atoms with Crippen molar-refractivity contribution < 1.29 is 24.6 Å². The number of hydrogen-bond acceptors (Lipinski definition) is 4. The summed E-state index contributed by atoms with van der Waals surface area (Å²) in [6.07, 6.45) is 0.247. The monoisotopic (exact) mass is 203 g/mol. The van der Waals surface area contributed by atoms with E-state index < -0.39 is 23.8 Å². The van der Waals surface area contributed by atoms with Crippen LogP contribution in [0.3, 0.4) is 0 Å². The van der Waals surface area contributed by atoms with Gasteiger partial charge in [-0.25, -0.2) is 4.79 Å². The minimum Gasteiger partial charge on any atom is -0.480 e. The number of Topliss-reactive ketones (excluding diaryl/α,β-unsaturated/α-hetero) is 1. The van der Waals surface area contributed by atoms with E-state index in [0.717, 1.165) is 0 Å². The Hall–Kier alpha value is -1.43. The molecule has 6 heteroatoms. The number of hydrogen-bond donors (Lipinski definition) is 3. The topological polar surface area (TPSA) is 104 Å². The molecule has 0 aromatic carbocycles. The summed E-state index contributed by atoms with van der Waals surface area (Å²) in [5, 5.41) is 19.3. The number of carbonyl (C=O) groups is 3. The second kappa shape index (κ2) is 6.09. The Bertz CT molecular complexity index is 238. The number of carboxylic acid groups (broad SMARTS) is 2. The van der Waals surface area contributed by atoms with Gasteiger partial charge in [0.15, 0.2) is 0 Å². The van der Waals surface area contributed by atoms with Crippen molar-refractivity contribution in [3.05, 3.63) is 0 Å². The molecule has 0 radical (unpaired) electrons. The van der Waals surface area contributed by atoms with Gasteiger partial charge in [0.1, 0.15) is 6.04 Å². The first-order valence-electron chi connectivity index (χ1n) is 4.17. The molecule has 0 saturated heterocycles. The summed E-state index contributed by atoms with van der Waals surface area (Å²) >= 11 is 0. The van der Waals surface area contributed by atoms with Gasteiger partial charge in [0, 0.05) is 6.42 Å². The van der Waals surface area contributed by atoms with E-state index in [1.807, 2.05) is 0 Å². The van der Waals surface area contributed by atoms with Crippen LogP contribution in [0.1, 0.15) is 19.8 Å². The fourth-order valence-corrected chi connectivity index (χ4v) is 0.762. The number of nitrogens with one attached hydrogen (secondary N) is 1. The summed E-state index contributed by atoms with van der Waals surface area (Å²) in [6, 6.07) is -0.685. The fourth-order valence-electron chi connectivity index (χ4n) is 0.762. The third kappa shape index (κ3) is 5.26. The maximum atomic E-state index is 10.6. The number of aliphatic carboxylic acids is 2. The van der Waals surface area contributed by atoms with Crippen LogP contribution in [-0.4, -0.2) is 40.5 Å². The van der Waals surface area contributed by atoms with E-state index >= 15 is 0 Å². The predicted octanol–water partition coefficient (Wildman–Crippen LogP) is -0.517. The van der Waals surface area contributed by atoms with Crippen molar-refractivity contribution in [1.82, 2.24) is 5.32 Å². The van der Waals surface area contributed by atoms with Crippen LogP contribution in [0.2, 0.25) is 0 Å². The molecule has 0 saturated carbocycles. The number of carboxylic acids is 2. The molecule has 1 atom stereocenters. The van der Waals surface area contributed by atoms with E-state index in [9.17, 15) is 14.4 Å². The summed E-state index contributed by atoms with van der Waals surface area (Å²) in [6.45, 7) is 1.79. The van der Waals surface area contributed by atoms with E-state index in [1.165, 1.54) is 6.92 Å². The summed E-state index contributed by atoms with van der Waals surface area (Å²) in [5.41, 5.74) is 0. The standard InChI is InChI=1S/C8H13NO5/c1-5(7(11)12)9-4-2-3-6(10)8(13)14/h5,9H,2-4H2,1H3,(H,11,12)(H,13,14)/t5-/m0/s1. The molecule has 0 heterocycles. The van der Waals surface area contributed by atoms with Crippen LogP contribution >= 0.6 is 0 Å². The van der Waals surface area contributed by atoms with Gasteiger partial charge in [-0.2, -0.15) is 0 Å². The third-order valence-corrected chi connectivity index (χ3v) is 1.64. The first-order valence-corrected chi connectivity index (χ1v) is 4.17. The molecular formula is C8H13NO5. The molecule has 6 nitrogen and oxygen atoms in total. The van der Waals surface area contributed by atoms with Gasteiger partial charge in [-0.1, -0.05) is 0 Å². The smallest absolute Gasteiger partial charge is 0.372 e. The predicted molar refractivity (Wildman–Crippen MR) is 47.0 cm³/mol. The van der Waals surface area contributed by atoms with E-state index in [4.69, 9.17) is 10.2 Å². The maximum absolute atomic E-state index is 10.6. The minimum atomic E-state index is -1.45. The average Bonchev–Trinajstić information content (AvgIpc) is 2.11. The third-order valence-electron chi connectivity index (χ3n) is 1.64. The summed E-state index contributed by atoms with van der Waals surface area (Å²) in [4.78, 5) is 31.0. The first-order chi connectivity index (χ1) is 6.45. The van der Waals surface area contributed by atoms with Crippen molar-refractivity contribution in [2.75, 3.05) is 6.54 Å². The molecule has 0 aromatic heterocycles. The van der Waals surface area contributed by atoms with Crippen LogP contribution in [0, 0.1) is 0 Å². The summed E-state index contributed by atoms with van der Waals surface area (Å²) in [5.74, 6) is -3.28. The van der Waals surface area contributed by atoms with Crippen molar-refractivity contribution in [3.8, 4) is 0 Å². The minimum absolute atomic E-state index is 0.0747. The van der Waals surface area contributed by atoms with Gasteiger partial charge in [-0.3, -0.25) is 9.59 Å². The highest BCUT2D eigenvalue weighted by Crippen LogP contribution is 1.91. The van der Waals surface area contributed by atoms with E-state index in [-0.39, 0.29) is 6.42 Å². The molecule has 0 fully saturated rings. The molecule has 0 unspecified atom stereocenters. The zero-order chi connectivity index (χ0) is 11.1. The van der Waals surface area contributed by atoms with E-state index in [2.05, 4.69) is 5.32 Å². The lowest BCUT2D eigenvalue weighted by Gasteiger charge is -2.07. The zero-order valence-electron chi connectivity index (χ0n) is 7.82. The van der Waals surface area contributed by atoms with Crippen LogP contribution in [0.4, 0.5) is 0 Å². The van der Waals surface area contributed by atoms with Gasteiger partial charge in [0.05, 0.1) is 0 Å². The lowest BCUT2D eigenvalue weighted by molar-refractivity contribution is -0.149. The maximum Gasteiger partial charge on any atom is 0.372 e. The summed E-state index contributed by atoms with van der Waals surface area (Å²) in [7, 11) is 0. The quantitative estimate of drug-likeness (QED) is 0.380. The van der Waals surface area contributed by atoms with Gasteiger partial charge < -0.3 is 15.5 Å². The van der Waals surface area contributed by atoms with Crippen molar-refractivity contribution in [3.63, 3.8) is 0 Å². The Morgan fingerprint density at radius 3 is 2.29 bits per heavy atom. The van der Waals surface area contributed by atoms with Gasteiger partial charge in [0.25, 0.3) is 0 Å². The van der Waals surface area contributed by atoms with Crippen molar-refractivity contribution in [1.29, 1.82) is 0 Å². The molecule has 0 amide bonds. The lowest BCUT2D eigenvalue weighted by Crippen LogP contribution is -2.34. The Morgan fingerprint density at radius 1 is 1.29 bits per heavy atom. The van der Waals surface area contributed by atoms with Gasteiger partial charge in [-0.05, 0) is 19.9 Å². The van der Waals surface area contributed by atoms with E-state index in [0.29, 0.717) is 13.0 Å². The SMILES string of the molecule is C[C@H](NCCCC(=O)C(=O)O)C(=O)O. The second-order valence-electron chi connectivity index (χ2n) is 2.85. The Morgan fingerprint density at radius 2 is 1.86 bits per heavy atom. The zero-order valence-corrected chi connectivity index (χ0v) is 7.82. The Labute approximate surface area is 80.9 Å². The van der Waals surface area contributed by atoms with Crippen LogP contribution in [0.25, 0.3) is 0 Å². The van der Waals surface area contributed by atoms with E-state index in [1.54, 1.807) is 0 Å². The highest BCUT2D eigenvalue weighted by molar-refractivity contribution is 6.32. The van der Waals surface area contributed by atoms with Crippen molar-refractivity contribution in [2.45, 2.75) is 25.8 Å². The van der Waals surface area contributed by atoms with Crippen LogP contribution in [0.5, 0.6) is 0 Å². The van der Waals surface area contributed by atoms with Crippen LogP contribution in [-0.2, 0) is 14.4 Å². The molecule has 0 rings (SSSR count). The number of carbonyl (C=O) groups excluding carboxylic acids is 1. The molecule has 0 aliphatic heterocycles. The van der Waals surface area contributed by atoms with Crippen molar-refractivity contribution >= 4 is 17.7 Å². The second-order valence-corrected chi connectivity index (χ2v) is 2.85. The molecule has 80 valence electrons. The highest BCUT2D eigenvalue weighted by Gasteiger charge is 2.12. The number of ketones is 1. The van der Waals surface area contributed by atoms with Crippen LogP contribution < -0.4 is 5.32 Å².